The number of aromatic nitrogens is 1. The smallest absolute Gasteiger partial charge is 0.147 e. The second-order valence-corrected chi connectivity index (χ2v) is 7.04. The molecule has 1 aromatic rings. The molecule has 6 heteroatoms. The first-order valence-electron chi connectivity index (χ1n) is 7.49. The number of piperazine rings is 1. The van der Waals surface area contributed by atoms with E-state index < -0.39 is 5.60 Å². The first kappa shape index (κ1) is 17.0. The van der Waals surface area contributed by atoms with Crippen LogP contribution in [-0.2, 0) is 0 Å². The highest BCUT2D eigenvalue weighted by Gasteiger charge is 2.29. The Hall–Kier alpha value is -1.35. The molecule has 1 N–H and O–H groups in total. The van der Waals surface area contributed by atoms with Crippen molar-refractivity contribution in [3.63, 3.8) is 0 Å². The van der Waals surface area contributed by atoms with Gasteiger partial charge >= 0.3 is 0 Å². The monoisotopic (exact) mass is 322 g/mol. The lowest BCUT2D eigenvalue weighted by Crippen LogP contribution is -2.55. The Bertz CT molecular complexity index is 591. The highest BCUT2D eigenvalue weighted by Crippen LogP contribution is 2.28. The zero-order chi connectivity index (χ0) is 16.5. The molecule has 0 aromatic carbocycles. The van der Waals surface area contributed by atoms with Crippen LogP contribution >= 0.6 is 11.6 Å². The lowest BCUT2D eigenvalue weighted by molar-refractivity contribution is 0.0307. The second kappa shape index (κ2) is 6.41. The van der Waals surface area contributed by atoms with Gasteiger partial charge < -0.3 is 10.0 Å². The van der Waals surface area contributed by atoms with E-state index in [4.69, 9.17) is 11.6 Å². The van der Waals surface area contributed by atoms with E-state index in [0.717, 1.165) is 25.2 Å². The summed E-state index contributed by atoms with van der Waals surface area (Å²) in [6.07, 6.45) is 1.61. The largest absolute Gasteiger partial charge is 0.389 e. The van der Waals surface area contributed by atoms with Crippen LogP contribution in [0, 0.1) is 18.3 Å². The molecule has 1 saturated heterocycles. The molecule has 1 aromatic heterocycles. The maximum absolute atomic E-state index is 9.96. The average molecular weight is 323 g/mol. The number of anilines is 1. The normalized spacial score (nSPS) is 20.0. The lowest BCUT2D eigenvalue weighted by Gasteiger charge is -2.42. The minimum Gasteiger partial charge on any atom is -0.389 e. The van der Waals surface area contributed by atoms with Crippen molar-refractivity contribution in [3.8, 4) is 6.07 Å². The van der Waals surface area contributed by atoms with Crippen LogP contribution in [0.1, 0.15) is 31.9 Å². The molecule has 5 nitrogen and oxygen atoms in total. The third-order valence-corrected chi connectivity index (χ3v) is 4.34. The van der Waals surface area contributed by atoms with E-state index in [9.17, 15) is 10.4 Å². The van der Waals surface area contributed by atoms with Crippen LogP contribution in [0.15, 0.2) is 6.20 Å². The summed E-state index contributed by atoms with van der Waals surface area (Å²) < 4.78 is 0. The number of hydrogen-bond donors (Lipinski definition) is 1. The summed E-state index contributed by atoms with van der Waals surface area (Å²) in [4.78, 5) is 8.79. The molecule has 0 bridgehead atoms. The van der Waals surface area contributed by atoms with Gasteiger partial charge in [0.15, 0.2) is 0 Å². The van der Waals surface area contributed by atoms with Crippen molar-refractivity contribution in [2.45, 2.75) is 39.3 Å². The quantitative estimate of drug-likeness (QED) is 0.924. The van der Waals surface area contributed by atoms with Gasteiger partial charge in [0, 0.05) is 38.4 Å². The number of aliphatic hydroxyl groups is 1. The van der Waals surface area contributed by atoms with Gasteiger partial charge in [0.05, 0.1) is 16.2 Å². The van der Waals surface area contributed by atoms with Crippen molar-refractivity contribution < 1.29 is 5.11 Å². The number of hydrogen-bond acceptors (Lipinski definition) is 5. The van der Waals surface area contributed by atoms with Crippen LogP contribution in [0.4, 0.5) is 5.82 Å². The van der Waals surface area contributed by atoms with Crippen LogP contribution in [-0.4, -0.2) is 52.8 Å². The summed E-state index contributed by atoms with van der Waals surface area (Å²) in [5, 5.41) is 19.9. The number of rotatable bonds is 3. The molecule has 0 spiro atoms. The fourth-order valence-corrected chi connectivity index (χ4v) is 3.10. The maximum atomic E-state index is 9.96. The predicted octanol–water partition coefficient (Wildman–Crippen LogP) is 2.20. The van der Waals surface area contributed by atoms with Crippen LogP contribution in [0.25, 0.3) is 0 Å². The summed E-state index contributed by atoms with van der Waals surface area (Å²) in [6, 6.07) is 2.45. The molecule has 120 valence electrons. The topological polar surface area (TPSA) is 63.4 Å². The number of halogens is 1. The number of pyridine rings is 1. The molecule has 1 fully saturated rings. The number of β-amino-alcohol motifs (C(OH)–C–C–N with tert-alkyl or cyclic N) is 1. The van der Waals surface area contributed by atoms with Gasteiger partial charge in [-0.2, -0.15) is 5.26 Å². The lowest BCUT2D eigenvalue weighted by atomic mass is 10.1. The Morgan fingerprint density at radius 3 is 2.73 bits per heavy atom. The van der Waals surface area contributed by atoms with Crippen molar-refractivity contribution in [1.29, 1.82) is 5.26 Å². The zero-order valence-electron chi connectivity index (χ0n) is 13.6. The third-order valence-electron chi connectivity index (χ3n) is 3.96. The van der Waals surface area contributed by atoms with Crippen LogP contribution in [0.3, 0.4) is 0 Å². The zero-order valence-corrected chi connectivity index (χ0v) is 14.4. The molecule has 1 atom stereocenters. The first-order chi connectivity index (χ1) is 10.2. The third kappa shape index (κ3) is 3.70. The summed E-state index contributed by atoms with van der Waals surface area (Å²) in [5.74, 6) is 0.708. The maximum Gasteiger partial charge on any atom is 0.147 e. The molecule has 0 radical (unpaired) electrons. The molecule has 1 aliphatic rings. The summed E-state index contributed by atoms with van der Waals surface area (Å²) >= 11 is 6.07. The molecule has 0 saturated carbocycles. The molecule has 0 amide bonds. The highest BCUT2D eigenvalue weighted by molar-refractivity contribution is 6.31. The molecule has 0 aliphatic carbocycles. The van der Waals surface area contributed by atoms with E-state index in [1.54, 1.807) is 6.20 Å². The molecular formula is C16H23ClN4O. The van der Waals surface area contributed by atoms with Crippen LogP contribution < -0.4 is 4.90 Å². The van der Waals surface area contributed by atoms with Gasteiger partial charge in [-0.05, 0) is 33.3 Å². The Kier molecular flexibility index (Phi) is 4.96. The SMILES string of the molecule is Cc1c(Cl)cnc(N2CCN(CC(C)(C)O)CC2C)c1C#N. The molecule has 2 rings (SSSR count). The van der Waals surface area contributed by atoms with Crippen molar-refractivity contribution in [3.05, 3.63) is 22.3 Å². The van der Waals surface area contributed by atoms with E-state index >= 15 is 0 Å². The van der Waals surface area contributed by atoms with Crippen molar-refractivity contribution in [2.75, 3.05) is 31.1 Å². The molecule has 22 heavy (non-hydrogen) atoms. The predicted molar refractivity (Wildman–Crippen MR) is 88.2 cm³/mol. The molecule has 1 aliphatic heterocycles. The van der Waals surface area contributed by atoms with Gasteiger partial charge in [-0.15, -0.1) is 0 Å². The van der Waals surface area contributed by atoms with Gasteiger partial charge in [-0.3, -0.25) is 4.90 Å². The Morgan fingerprint density at radius 1 is 1.50 bits per heavy atom. The van der Waals surface area contributed by atoms with E-state index in [2.05, 4.69) is 27.8 Å². The fourth-order valence-electron chi connectivity index (χ4n) is 2.96. The number of nitriles is 1. The van der Waals surface area contributed by atoms with E-state index in [-0.39, 0.29) is 6.04 Å². The van der Waals surface area contributed by atoms with Crippen molar-refractivity contribution in [1.82, 2.24) is 9.88 Å². The van der Waals surface area contributed by atoms with Gasteiger partial charge in [-0.1, -0.05) is 11.6 Å². The first-order valence-corrected chi connectivity index (χ1v) is 7.87. The van der Waals surface area contributed by atoms with Crippen LogP contribution in [0.5, 0.6) is 0 Å². The summed E-state index contributed by atoms with van der Waals surface area (Å²) in [6.45, 7) is 10.7. The van der Waals surface area contributed by atoms with Gasteiger partial charge in [-0.25, -0.2) is 4.98 Å². The van der Waals surface area contributed by atoms with Gasteiger partial charge in [0.1, 0.15) is 11.9 Å². The highest BCUT2D eigenvalue weighted by atomic mass is 35.5. The van der Waals surface area contributed by atoms with E-state index in [1.807, 2.05) is 20.8 Å². The average Bonchev–Trinajstić information content (AvgIpc) is 2.40. The Labute approximate surface area is 137 Å². The van der Waals surface area contributed by atoms with E-state index in [1.165, 1.54) is 0 Å². The van der Waals surface area contributed by atoms with Crippen LogP contribution in [0.2, 0.25) is 5.02 Å². The van der Waals surface area contributed by atoms with Gasteiger partial charge in [0.2, 0.25) is 0 Å². The standard InChI is InChI=1S/C16H23ClN4O/c1-11-9-20(10-16(3,4)22)5-6-21(11)15-13(7-18)12(2)14(17)8-19-15/h8,11,22H,5-6,9-10H2,1-4H3. The second-order valence-electron chi connectivity index (χ2n) is 6.63. The summed E-state index contributed by atoms with van der Waals surface area (Å²) in [5.41, 5.74) is 0.630. The minimum atomic E-state index is -0.700. The number of nitrogens with zero attached hydrogens (tertiary/aromatic N) is 4. The minimum absolute atomic E-state index is 0.219. The van der Waals surface area contributed by atoms with Crippen molar-refractivity contribution >= 4 is 17.4 Å². The van der Waals surface area contributed by atoms with E-state index in [0.29, 0.717) is 22.9 Å². The Balaban J connectivity index is 2.20. The molecule has 1 unspecified atom stereocenters. The van der Waals surface area contributed by atoms with Crippen molar-refractivity contribution in [2.24, 2.45) is 0 Å². The Morgan fingerprint density at radius 2 is 2.18 bits per heavy atom. The molecular weight excluding hydrogens is 300 g/mol. The fraction of sp³-hybridized carbons (Fsp3) is 0.625. The van der Waals surface area contributed by atoms with Gasteiger partial charge in [0.25, 0.3) is 0 Å². The summed E-state index contributed by atoms with van der Waals surface area (Å²) in [7, 11) is 0. The molecule has 2 heterocycles.